The van der Waals surface area contributed by atoms with Gasteiger partial charge in [-0.1, -0.05) is 71.9 Å². The van der Waals surface area contributed by atoms with E-state index < -0.39 is 0 Å². The highest BCUT2D eigenvalue weighted by atomic mass is 32.2. The van der Waals surface area contributed by atoms with Crippen molar-refractivity contribution >= 4 is 40.4 Å². The molecule has 122 valence electrons. The Morgan fingerprint density at radius 2 is 1.80 bits per heavy atom. The molecule has 1 N–H and O–H groups in total. The molecule has 1 amide bonds. The molecule has 5 heteroatoms. The van der Waals surface area contributed by atoms with Gasteiger partial charge in [0.05, 0.1) is 11.3 Å². The Kier molecular flexibility index (Phi) is 3.86. The number of benzene rings is 2. The number of aliphatic imine (C=N–C) groups is 1. The molecule has 0 saturated carbocycles. The molecule has 0 unspecified atom stereocenters. The lowest BCUT2D eigenvalue weighted by molar-refractivity contribution is -0.114. The maximum Gasteiger partial charge on any atom is 0.283 e. The maximum atomic E-state index is 12.4. The highest BCUT2D eigenvalue weighted by Gasteiger charge is 2.36. The zero-order chi connectivity index (χ0) is 17.4. The summed E-state index contributed by atoms with van der Waals surface area (Å²) in [4.78, 5) is 18.3. The topological polar surface area (TPSA) is 56.5 Å². The van der Waals surface area contributed by atoms with Crippen molar-refractivity contribution < 1.29 is 4.79 Å². The first-order valence-corrected chi connectivity index (χ1v) is 8.74. The van der Waals surface area contributed by atoms with Crippen LogP contribution in [0.25, 0.3) is 11.8 Å². The fourth-order valence-electron chi connectivity index (χ4n) is 2.74. The predicted octanol–water partition coefficient (Wildman–Crippen LogP) is 4.30. The number of nitrogens with zero attached hydrogens (tertiary/aromatic N) is 2. The Bertz CT molecular complexity index is 956. The van der Waals surface area contributed by atoms with Gasteiger partial charge in [-0.2, -0.15) is 4.99 Å². The van der Waals surface area contributed by atoms with Gasteiger partial charge in [-0.3, -0.25) is 15.1 Å². The van der Waals surface area contributed by atoms with Gasteiger partial charge in [-0.05, 0) is 24.1 Å². The van der Waals surface area contributed by atoms with Crippen molar-refractivity contribution in [3.8, 4) is 0 Å². The first-order valence-electron chi connectivity index (χ1n) is 7.86. The van der Waals surface area contributed by atoms with Crippen LogP contribution in [0.15, 0.2) is 70.6 Å². The van der Waals surface area contributed by atoms with Crippen LogP contribution < -0.4 is 0 Å². The average Bonchev–Trinajstić information content (AvgIpc) is 3.05. The first kappa shape index (κ1) is 15.6. The minimum Gasteiger partial charge on any atom is -0.283 e. The molecule has 0 spiro atoms. The predicted molar refractivity (Wildman–Crippen MR) is 103 cm³/mol. The molecule has 0 saturated heterocycles. The number of thioether (sulfide) groups is 1. The van der Waals surface area contributed by atoms with Crippen LogP contribution in [0.4, 0.5) is 0 Å². The van der Waals surface area contributed by atoms with E-state index in [0.29, 0.717) is 10.7 Å². The largest absolute Gasteiger partial charge is 0.283 e. The first-order chi connectivity index (χ1) is 12.1. The normalized spacial score (nSPS) is 18.3. The van der Waals surface area contributed by atoms with Crippen LogP contribution in [0.5, 0.6) is 0 Å². The molecule has 2 aliphatic heterocycles. The van der Waals surface area contributed by atoms with E-state index in [1.165, 1.54) is 11.8 Å². The number of amides is 1. The van der Waals surface area contributed by atoms with E-state index in [2.05, 4.69) is 4.99 Å². The summed E-state index contributed by atoms with van der Waals surface area (Å²) in [6, 6.07) is 17.7. The van der Waals surface area contributed by atoms with E-state index in [4.69, 9.17) is 5.41 Å². The molecule has 0 aromatic heterocycles. The van der Waals surface area contributed by atoms with Gasteiger partial charge in [0.2, 0.25) is 0 Å². The molecule has 2 heterocycles. The molecule has 2 aromatic carbocycles. The van der Waals surface area contributed by atoms with Crippen LogP contribution >= 0.6 is 11.8 Å². The van der Waals surface area contributed by atoms with E-state index in [1.807, 2.05) is 66.9 Å². The van der Waals surface area contributed by atoms with Crippen molar-refractivity contribution in [2.45, 2.75) is 6.92 Å². The third-order valence-electron chi connectivity index (χ3n) is 4.07. The smallest absolute Gasteiger partial charge is 0.283 e. The van der Waals surface area contributed by atoms with Crippen molar-refractivity contribution in [3.63, 3.8) is 0 Å². The second-order valence-corrected chi connectivity index (χ2v) is 6.68. The summed E-state index contributed by atoms with van der Waals surface area (Å²) in [5, 5.41) is 11.0. The number of nitrogens with one attached hydrogen (secondary N) is 1. The number of amidine groups is 2. The summed E-state index contributed by atoms with van der Waals surface area (Å²) in [5.74, 6) is -0.206. The van der Waals surface area contributed by atoms with E-state index in [-0.39, 0.29) is 11.7 Å². The van der Waals surface area contributed by atoms with Crippen LogP contribution in [0.1, 0.15) is 16.7 Å². The van der Waals surface area contributed by atoms with Crippen molar-refractivity contribution in [2.75, 3.05) is 0 Å². The zero-order valence-corrected chi connectivity index (χ0v) is 14.4. The summed E-state index contributed by atoms with van der Waals surface area (Å²) in [7, 11) is 0. The number of carbonyl (C=O) groups excluding carboxylic acids is 1. The highest BCUT2D eigenvalue weighted by molar-refractivity contribution is 8.17. The second kappa shape index (κ2) is 6.18. The summed E-state index contributed by atoms with van der Waals surface area (Å²) in [6.45, 7) is 2.01. The SMILES string of the molecule is Cc1ccc(/C=C2/C(=N)N3C(c4ccccc4)=CSC3=NC2=O)cc1. The summed E-state index contributed by atoms with van der Waals surface area (Å²) >= 11 is 1.37. The Morgan fingerprint density at radius 3 is 2.52 bits per heavy atom. The van der Waals surface area contributed by atoms with E-state index >= 15 is 0 Å². The number of aryl methyl sites for hydroxylation is 1. The number of rotatable bonds is 2. The standard InChI is InChI=1S/C20H15N3OS/c1-13-7-9-14(10-8-13)11-16-18(21)23-17(15-5-3-2-4-6-15)12-25-20(23)22-19(16)24/h2-12,21H,1H3/b16-11-,21-18?. The number of hydrogen-bond acceptors (Lipinski definition) is 3. The van der Waals surface area contributed by atoms with Crippen LogP contribution in [0.2, 0.25) is 0 Å². The molecular formula is C20H15N3OS. The molecule has 0 fully saturated rings. The molecule has 0 bridgehead atoms. The van der Waals surface area contributed by atoms with Gasteiger partial charge in [0.15, 0.2) is 5.17 Å². The number of hydrogen-bond donors (Lipinski definition) is 1. The minimum absolute atomic E-state index is 0.163. The van der Waals surface area contributed by atoms with Gasteiger partial charge in [0.25, 0.3) is 5.91 Å². The highest BCUT2D eigenvalue weighted by Crippen LogP contribution is 2.37. The van der Waals surface area contributed by atoms with Gasteiger partial charge in [-0.25, -0.2) is 0 Å². The average molecular weight is 345 g/mol. The monoisotopic (exact) mass is 345 g/mol. The van der Waals surface area contributed by atoms with Gasteiger partial charge in [0, 0.05) is 5.41 Å². The third-order valence-corrected chi connectivity index (χ3v) is 4.90. The third kappa shape index (κ3) is 2.83. The van der Waals surface area contributed by atoms with Crippen LogP contribution in [0.3, 0.4) is 0 Å². The zero-order valence-electron chi connectivity index (χ0n) is 13.6. The van der Waals surface area contributed by atoms with Crippen molar-refractivity contribution in [2.24, 2.45) is 4.99 Å². The van der Waals surface area contributed by atoms with Crippen LogP contribution in [-0.2, 0) is 4.79 Å². The molecule has 25 heavy (non-hydrogen) atoms. The molecular weight excluding hydrogens is 330 g/mol. The van der Waals surface area contributed by atoms with Gasteiger partial charge >= 0.3 is 0 Å². The molecule has 4 nitrogen and oxygen atoms in total. The fourth-order valence-corrected chi connectivity index (χ4v) is 3.63. The lowest BCUT2D eigenvalue weighted by atomic mass is 10.1. The molecule has 2 aliphatic rings. The minimum atomic E-state index is -0.368. The summed E-state index contributed by atoms with van der Waals surface area (Å²) < 4.78 is 0. The molecule has 0 radical (unpaired) electrons. The Labute approximate surface area is 150 Å². The van der Waals surface area contributed by atoms with Gasteiger partial charge in [-0.15, -0.1) is 0 Å². The Morgan fingerprint density at radius 1 is 1.08 bits per heavy atom. The van der Waals surface area contributed by atoms with Crippen molar-refractivity contribution in [1.29, 1.82) is 5.41 Å². The molecule has 2 aromatic rings. The fraction of sp³-hybridized carbons (Fsp3) is 0.0500. The second-order valence-electron chi connectivity index (χ2n) is 5.84. The van der Waals surface area contributed by atoms with E-state index in [1.54, 1.807) is 11.0 Å². The Hall–Kier alpha value is -2.92. The number of carbonyl (C=O) groups is 1. The maximum absolute atomic E-state index is 12.4. The van der Waals surface area contributed by atoms with Gasteiger partial charge in [0.1, 0.15) is 5.84 Å². The van der Waals surface area contributed by atoms with E-state index in [9.17, 15) is 4.79 Å². The van der Waals surface area contributed by atoms with Crippen molar-refractivity contribution in [1.82, 2.24) is 4.90 Å². The lowest BCUT2D eigenvalue weighted by Crippen LogP contribution is -2.38. The van der Waals surface area contributed by atoms with Crippen molar-refractivity contribution in [3.05, 3.63) is 82.3 Å². The molecule has 4 rings (SSSR count). The molecule has 0 aliphatic carbocycles. The molecule has 0 atom stereocenters. The lowest BCUT2D eigenvalue weighted by Gasteiger charge is -2.26. The van der Waals surface area contributed by atoms with E-state index in [0.717, 1.165) is 22.4 Å². The summed E-state index contributed by atoms with van der Waals surface area (Å²) in [6.07, 6.45) is 1.73. The summed E-state index contributed by atoms with van der Waals surface area (Å²) in [5.41, 5.74) is 4.20. The van der Waals surface area contributed by atoms with Gasteiger partial charge < -0.3 is 0 Å². The Balaban J connectivity index is 1.74. The quantitative estimate of drug-likeness (QED) is 0.826. The number of fused-ring (bicyclic) bond motifs is 1. The van der Waals surface area contributed by atoms with Crippen LogP contribution in [0, 0.1) is 12.3 Å². The van der Waals surface area contributed by atoms with Crippen LogP contribution in [-0.4, -0.2) is 21.8 Å².